The number of carbonyl (C=O) groups is 3. The summed E-state index contributed by atoms with van der Waals surface area (Å²) in [5.74, 6) is -0.996. The number of ether oxygens (including phenoxy) is 3. The fraction of sp³-hybridized carbons (Fsp3) is 0.545. The number of hydrogen-bond acceptors (Lipinski definition) is 6. The zero-order valence-electron chi connectivity index (χ0n) is 24.9. The summed E-state index contributed by atoms with van der Waals surface area (Å²) in [6, 6.07) is 18.6. The van der Waals surface area contributed by atoms with E-state index in [0.29, 0.717) is 36.3 Å². The molecular formula is C33H45N2O6+. The van der Waals surface area contributed by atoms with Crippen molar-refractivity contribution in [2.24, 2.45) is 0 Å². The average Bonchev–Trinajstić information content (AvgIpc) is 3.49. The van der Waals surface area contributed by atoms with Gasteiger partial charge in [0.15, 0.2) is 6.61 Å². The van der Waals surface area contributed by atoms with Crippen molar-refractivity contribution in [3.05, 3.63) is 71.8 Å². The van der Waals surface area contributed by atoms with Gasteiger partial charge in [-0.2, -0.15) is 0 Å². The van der Waals surface area contributed by atoms with Gasteiger partial charge in [0, 0.05) is 49.9 Å². The molecule has 2 fully saturated rings. The van der Waals surface area contributed by atoms with Crippen LogP contribution in [0.25, 0.3) is 0 Å². The highest BCUT2D eigenvalue weighted by molar-refractivity contribution is 5.88. The van der Waals surface area contributed by atoms with Crippen LogP contribution in [0.5, 0.6) is 0 Å². The molecule has 8 nitrogen and oxygen atoms in total. The number of benzene rings is 2. The van der Waals surface area contributed by atoms with Gasteiger partial charge in [-0.3, -0.25) is 4.79 Å². The standard InChI is InChI=1S/C33H45N2O6/c1-5-28-23-29(22-25(4)35(28)20-14-15-21-35)40-31(37)33(26-16-10-8-11-17-26,27-18-12-9-13-19-27)41-32(38)39-24-30(36)34(6-2)7-3/h8-13,16-19,25,28-29H,5-7,14-15,20-24H2,1-4H3/q+1. The van der Waals surface area contributed by atoms with Gasteiger partial charge in [-0.15, -0.1) is 0 Å². The second-order valence-electron chi connectivity index (χ2n) is 11.3. The monoisotopic (exact) mass is 565 g/mol. The first-order chi connectivity index (χ1) is 19.8. The number of esters is 1. The summed E-state index contributed by atoms with van der Waals surface area (Å²) in [4.78, 5) is 41.7. The van der Waals surface area contributed by atoms with Crippen molar-refractivity contribution in [1.29, 1.82) is 0 Å². The van der Waals surface area contributed by atoms with Crippen LogP contribution in [0.4, 0.5) is 4.79 Å². The van der Waals surface area contributed by atoms with Crippen molar-refractivity contribution in [1.82, 2.24) is 4.90 Å². The molecule has 2 aromatic carbocycles. The van der Waals surface area contributed by atoms with E-state index in [1.165, 1.54) is 25.9 Å². The highest BCUT2D eigenvalue weighted by Crippen LogP contribution is 2.41. The summed E-state index contributed by atoms with van der Waals surface area (Å²) in [6.45, 7) is 11.1. The minimum atomic E-state index is -1.90. The van der Waals surface area contributed by atoms with Crippen molar-refractivity contribution >= 4 is 18.0 Å². The Kier molecular flexibility index (Phi) is 10.1. The molecule has 0 bridgehead atoms. The van der Waals surface area contributed by atoms with E-state index in [4.69, 9.17) is 14.2 Å². The lowest BCUT2D eigenvalue weighted by Gasteiger charge is -2.51. The van der Waals surface area contributed by atoms with Crippen LogP contribution in [-0.4, -0.2) is 78.4 Å². The highest BCUT2D eigenvalue weighted by atomic mass is 16.7. The third-order valence-electron chi connectivity index (χ3n) is 9.20. The van der Waals surface area contributed by atoms with Gasteiger partial charge in [-0.1, -0.05) is 67.6 Å². The molecule has 0 aromatic heterocycles. The molecule has 222 valence electrons. The Hall–Kier alpha value is -3.39. The molecule has 1 spiro atoms. The van der Waals surface area contributed by atoms with E-state index < -0.39 is 24.3 Å². The van der Waals surface area contributed by atoms with Gasteiger partial charge in [0.1, 0.15) is 6.10 Å². The fourth-order valence-corrected chi connectivity index (χ4v) is 7.00. The van der Waals surface area contributed by atoms with Crippen molar-refractivity contribution in [2.75, 3.05) is 32.8 Å². The molecule has 41 heavy (non-hydrogen) atoms. The van der Waals surface area contributed by atoms with Crippen LogP contribution >= 0.6 is 0 Å². The summed E-state index contributed by atoms with van der Waals surface area (Å²) in [6.07, 6.45) is 3.61. The van der Waals surface area contributed by atoms with Gasteiger partial charge in [0.2, 0.25) is 0 Å². The van der Waals surface area contributed by atoms with Crippen LogP contribution < -0.4 is 0 Å². The average molecular weight is 566 g/mol. The number of nitrogens with zero attached hydrogens (tertiary/aromatic N) is 2. The lowest BCUT2D eigenvalue weighted by molar-refractivity contribution is -0.967. The maximum atomic E-state index is 14.4. The Bertz CT molecular complexity index is 1120. The molecule has 2 heterocycles. The summed E-state index contributed by atoms with van der Waals surface area (Å²) >= 11 is 0. The highest BCUT2D eigenvalue weighted by Gasteiger charge is 2.53. The number of rotatable bonds is 10. The van der Waals surface area contributed by atoms with E-state index in [0.717, 1.165) is 23.7 Å². The number of carbonyl (C=O) groups excluding carboxylic acids is 3. The molecular weight excluding hydrogens is 520 g/mol. The third-order valence-corrected chi connectivity index (χ3v) is 9.20. The van der Waals surface area contributed by atoms with Gasteiger partial charge in [-0.25, -0.2) is 9.59 Å². The van der Waals surface area contributed by atoms with Gasteiger partial charge < -0.3 is 23.6 Å². The maximum Gasteiger partial charge on any atom is 0.510 e. The molecule has 8 heteroatoms. The lowest BCUT2D eigenvalue weighted by Crippen LogP contribution is -2.63. The molecule has 0 N–H and O–H groups in total. The van der Waals surface area contributed by atoms with Crippen molar-refractivity contribution in [3.8, 4) is 0 Å². The van der Waals surface area contributed by atoms with E-state index in [9.17, 15) is 14.4 Å². The second-order valence-corrected chi connectivity index (χ2v) is 11.3. The van der Waals surface area contributed by atoms with Crippen molar-refractivity contribution in [2.45, 2.75) is 83.6 Å². The molecule has 0 aliphatic carbocycles. The number of amides is 1. The van der Waals surface area contributed by atoms with Crippen molar-refractivity contribution in [3.63, 3.8) is 0 Å². The lowest BCUT2D eigenvalue weighted by atomic mass is 9.85. The predicted octanol–water partition coefficient (Wildman–Crippen LogP) is 5.44. The Morgan fingerprint density at radius 3 is 1.95 bits per heavy atom. The molecule has 3 atom stereocenters. The van der Waals surface area contributed by atoms with Gasteiger partial charge in [0.25, 0.3) is 11.5 Å². The van der Waals surface area contributed by atoms with Crippen LogP contribution in [0.1, 0.15) is 70.9 Å². The molecule has 2 aromatic rings. The van der Waals surface area contributed by atoms with Crippen LogP contribution in [0.2, 0.25) is 0 Å². The SMILES string of the molecule is CCC1CC(OC(=O)C(OC(=O)OCC(=O)N(CC)CC)(c2ccccc2)c2ccccc2)CC(C)[N+]12CCCC2. The molecule has 1 amide bonds. The Labute approximate surface area is 244 Å². The molecule has 4 rings (SSSR count). The van der Waals surface area contributed by atoms with Crippen LogP contribution in [0, 0.1) is 0 Å². The first kappa shape index (κ1) is 30.6. The van der Waals surface area contributed by atoms with Crippen molar-refractivity contribution < 1.29 is 33.1 Å². The van der Waals surface area contributed by atoms with Gasteiger partial charge in [0.05, 0.1) is 25.2 Å². The molecule has 2 saturated heterocycles. The Morgan fingerprint density at radius 2 is 1.44 bits per heavy atom. The molecule has 2 aliphatic rings. The van der Waals surface area contributed by atoms with Crippen LogP contribution in [0.3, 0.4) is 0 Å². The summed E-state index contributed by atoms with van der Waals surface area (Å²) in [7, 11) is 0. The largest absolute Gasteiger partial charge is 0.510 e. The number of likely N-dealkylation sites (N-methyl/N-ethyl adjacent to an activating group) is 1. The van der Waals surface area contributed by atoms with Crippen LogP contribution in [-0.2, 0) is 29.4 Å². The quantitative estimate of drug-likeness (QED) is 0.282. The van der Waals surface area contributed by atoms with Gasteiger partial charge >= 0.3 is 12.1 Å². The topological polar surface area (TPSA) is 82.1 Å². The second kappa shape index (κ2) is 13.5. The Morgan fingerprint density at radius 1 is 0.878 bits per heavy atom. The molecule has 2 aliphatic heterocycles. The van der Waals surface area contributed by atoms with Gasteiger partial charge in [-0.05, 0) is 27.2 Å². The molecule has 0 radical (unpaired) electrons. The Balaban J connectivity index is 1.64. The summed E-state index contributed by atoms with van der Waals surface area (Å²) in [5.41, 5.74) is -1.01. The zero-order valence-corrected chi connectivity index (χ0v) is 24.9. The first-order valence-corrected chi connectivity index (χ1v) is 15.1. The minimum absolute atomic E-state index is 0.303. The van der Waals surface area contributed by atoms with E-state index in [1.807, 2.05) is 26.0 Å². The third kappa shape index (κ3) is 6.27. The number of piperidine rings is 1. The molecule has 3 unspecified atom stereocenters. The number of quaternary nitrogens is 1. The normalized spacial score (nSPS) is 21.7. The van der Waals surface area contributed by atoms with E-state index >= 15 is 0 Å². The predicted molar refractivity (Wildman–Crippen MR) is 156 cm³/mol. The first-order valence-electron chi connectivity index (χ1n) is 15.1. The van der Waals surface area contributed by atoms with E-state index in [-0.39, 0.29) is 12.0 Å². The molecule has 0 saturated carbocycles. The van der Waals surface area contributed by atoms with E-state index in [1.54, 1.807) is 53.4 Å². The minimum Gasteiger partial charge on any atom is -0.458 e. The van der Waals surface area contributed by atoms with E-state index in [2.05, 4.69) is 13.8 Å². The summed E-state index contributed by atoms with van der Waals surface area (Å²) in [5, 5.41) is 0. The van der Waals surface area contributed by atoms with Crippen LogP contribution in [0.15, 0.2) is 60.7 Å². The fourth-order valence-electron chi connectivity index (χ4n) is 7.00. The number of hydrogen-bond donors (Lipinski definition) is 0. The maximum absolute atomic E-state index is 14.4. The smallest absolute Gasteiger partial charge is 0.458 e. The summed E-state index contributed by atoms with van der Waals surface area (Å²) < 4.78 is 18.7. The zero-order chi connectivity index (χ0) is 29.5.